The van der Waals surface area contributed by atoms with Gasteiger partial charge in [0.05, 0.1) is 16.9 Å². The van der Waals surface area contributed by atoms with Crippen LogP contribution in [0.3, 0.4) is 0 Å². The largest absolute Gasteiger partial charge is 0.348 e. The minimum atomic E-state index is -1.45. The van der Waals surface area contributed by atoms with Crippen LogP contribution in [0.15, 0.2) is 70.3 Å². The second-order valence-electron chi connectivity index (χ2n) is 8.04. The van der Waals surface area contributed by atoms with E-state index in [0.717, 1.165) is 30.3 Å². The fourth-order valence-electron chi connectivity index (χ4n) is 3.87. The Morgan fingerprint density at radius 2 is 1.54 bits per heavy atom. The number of aromatic nitrogens is 2. The molecule has 2 atom stereocenters. The number of hydrogen-bond donors (Lipinski definition) is 2. The number of halogens is 4. The lowest BCUT2D eigenvalue weighted by Crippen LogP contribution is -2.46. The van der Waals surface area contributed by atoms with Gasteiger partial charge in [-0.25, -0.2) is 26.9 Å². The van der Waals surface area contributed by atoms with E-state index in [-0.39, 0.29) is 22.9 Å². The van der Waals surface area contributed by atoms with Crippen molar-refractivity contribution in [3.63, 3.8) is 0 Å². The van der Waals surface area contributed by atoms with Crippen molar-refractivity contribution in [2.24, 2.45) is 0 Å². The third-order valence-corrected chi connectivity index (χ3v) is 5.64. The zero-order valence-corrected chi connectivity index (χ0v) is 18.3. The van der Waals surface area contributed by atoms with Gasteiger partial charge in [-0.2, -0.15) is 0 Å². The first-order valence-corrected chi connectivity index (χ1v) is 10.6. The Labute approximate surface area is 195 Å². The van der Waals surface area contributed by atoms with Gasteiger partial charge < -0.3 is 10.3 Å². The number of H-pyrrole nitrogens is 1. The molecule has 0 unspecified atom stereocenters. The molecule has 0 aliphatic carbocycles. The van der Waals surface area contributed by atoms with Crippen molar-refractivity contribution in [2.45, 2.75) is 25.4 Å². The number of carbonyl (C=O) groups is 1. The van der Waals surface area contributed by atoms with Crippen molar-refractivity contribution in [3.05, 3.63) is 116 Å². The highest BCUT2D eigenvalue weighted by molar-refractivity contribution is 5.82. The lowest BCUT2D eigenvalue weighted by atomic mass is 10.0. The molecule has 0 saturated carbocycles. The molecule has 0 aliphatic heterocycles. The summed E-state index contributed by atoms with van der Waals surface area (Å²) >= 11 is 0. The SMILES string of the molecule is C[C@H](NC(=O)[C@@H](Cc1ccc(F)cc1)n1c(=O)[nH]c2ccc(F)cc2c1=O)c1ccc(F)cc1F. The Morgan fingerprint density at radius 3 is 2.23 bits per heavy atom. The standard InChI is InChI=1S/C25H19F4N3O3/c1-13(18-8-6-17(28)12-20(18)29)30-23(33)22(10-14-2-4-15(26)5-3-14)32-24(34)19-11-16(27)7-9-21(19)31-25(32)35/h2-9,11-13,22H,10H2,1H3,(H,30,33)(H,31,35)/t13-,22+/m0/s1. The van der Waals surface area contributed by atoms with Crippen LogP contribution in [0.1, 0.15) is 30.1 Å². The first-order chi connectivity index (χ1) is 16.6. The second-order valence-corrected chi connectivity index (χ2v) is 8.04. The minimum Gasteiger partial charge on any atom is -0.348 e. The summed E-state index contributed by atoms with van der Waals surface area (Å²) in [5.41, 5.74) is -1.33. The highest BCUT2D eigenvalue weighted by Gasteiger charge is 2.27. The Kier molecular flexibility index (Phi) is 6.54. The molecular formula is C25H19F4N3O3. The molecule has 0 aliphatic rings. The normalized spacial score (nSPS) is 12.9. The second kappa shape index (κ2) is 9.57. The van der Waals surface area contributed by atoms with Crippen LogP contribution in [-0.2, 0) is 11.2 Å². The fraction of sp³-hybridized carbons (Fsp3) is 0.160. The van der Waals surface area contributed by atoms with Crippen LogP contribution in [-0.4, -0.2) is 15.5 Å². The average molecular weight is 485 g/mol. The van der Waals surface area contributed by atoms with E-state index < -0.39 is 52.5 Å². The Morgan fingerprint density at radius 1 is 0.914 bits per heavy atom. The molecule has 35 heavy (non-hydrogen) atoms. The number of carbonyl (C=O) groups excluding carboxylic acids is 1. The molecule has 10 heteroatoms. The van der Waals surface area contributed by atoms with E-state index >= 15 is 0 Å². The monoisotopic (exact) mass is 485 g/mol. The van der Waals surface area contributed by atoms with Crippen molar-refractivity contribution in [3.8, 4) is 0 Å². The molecule has 1 aromatic heterocycles. The molecular weight excluding hydrogens is 466 g/mol. The third kappa shape index (κ3) is 5.01. The quantitative estimate of drug-likeness (QED) is 0.407. The molecule has 1 heterocycles. The predicted octanol–water partition coefficient (Wildman–Crippen LogP) is 3.91. The molecule has 4 rings (SSSR count). The molecule has 180 valence electrons. The summed E-state index contributed by atoms with van der Waals surface area (Å²) in [5, 5.41) is 2.38. The van der Waals surface area contributed by atoms with E-state index in [4.69, 9.17) is 0 Å². The van der Waals surface area contributed by atoms with Crippen LogP contribution in [0, 0.1) is 23.3 Å². The van der Waals surface area contributed by atoms with Crippen LogP contribution in [0.5, 0.6) is 0 Å². The van der Waals surface area contributed by atoms with Gasteiger partial charge in [-0.15, -0.1) is 0 Å². The highest BCUT2D eigenvalue weighted by atomic mass is 19.1. The lowest BCUT2D eigenvalue weighted by molar-refractivity contribution is -0.125. The Bertz CT molecular complexity index is 1530. The summed E-state index contributed by atoms with van der Waals surface area (Å²) in [4.78, 5) is 41.8. The van der Waals surface area contributed by atoms with Crippen LogP contribution >= 0.6 is 0 Å². The average Bonchev–Trinajstić information content (AvgIpc) is 2.80. The number of amides is 1. The van der Waals surface area contributed by atoms with E-state index in [1.807, 2.05) is 0 Å². The molecule has 4 aromatic rings. The molecule has 0 bridgehead atoms. The van der Waals surface area contributed by atoms with Gasteiger partial charge in [0.15, 0.2) is 0 Å². The van der Waals surface area contributed by atoms with E-state index in [0.29, 0.717) is 16.2 Å². The van der Waals surface area contributed by atoms with Gasteiger partial charge in [-0.05, 0) is 48.9 Å². The van der Waals surface area contributed by atoms with E-state index in [9.17, 15) is 31.9 Å². The Balaban J connectivity index is 1.78. The molecule has 6 nitrogen and oxygen atoms in total. The topological polar surface area (TPSA) is 84.0 Å². The van der Waals surface area contributed by atoms with Crippen LogP contribution in [0.4, 0.5) is 17.6 Å². The summed E-state index contributed by atoms with van der Waals surface area (Å²) in [6.45, 7) is 1.45. The molecule has 0 fully saturated rings. The van der Waals surface area contributed by atoms with Gasteiger partial charge in [0.2, 0.25) is 5.91 Å². The first kappa shape index (κ1) is 23.9. The number of aromatic amines is 1. The van der Waals surface area contributed by atoms with Crippen molar-refractivity contribution in [1.82, 2.24) is 14.9 Å². The van der Waals surface area contributed by atoms with E-state index in [1.165, 1.54) is 31.2 Å². The summed E-state index contributed by atoms with van der Waals surface area (Å²) in [5.74, 6) is -3.74. The van der Waals surface area contributed by atoms with E-state index in [2.05, 4.69) is 10.3 Å². The zero-order valence-electron chi connectivity index (χ0n) is 18.3. The summed E-state index contributed by atoms with van der Waals surface area (Å²) in [6, 6.07) is 8.79. The van der Waals surface area contributed by atoms with Crippen LogP contribution in [0.25, 0.3) is 10.9 Å². The molecule has 0 saturated heterocycles. The molecule has 2 N–H and O–H groups in total. The molecule has 0 spiro atoms. The van der Waals surface area contributed by atoms with Crippen molar-refractivity contribution in [2.75, 3.05) is 0 Å². The van der Waals surface area contributed by atoms with Crippen molar-refractivity contribution < 1.29 is 22.4 Å². The van der Waals surface area contributed by atoms with Crippen molar-refractivity contribution >= 4 is 16.8 Å². The molecule has 0 radical (unpaired) electrons. The first-order valence-electron chi connectivity index (χ1n) is 10.6. The molecule has 1 amide bonds. The number of fused-ring (bicyclic) bond motifs is 1. The zero-order chi connectivity index (χ0) is 25.3. The van der Waals surface area contributed by atoms with Gasteiger partial charge in [0.1, 0.15) is 29.3 Å². The van der Waals surface area contributed by atoms with Gasteiger partial charge in [-0.3, -0.25) is 9.59 Å². The van der Waals surface area contributed by atoms with Crippen LogP contribution in [0.2, 0.25) is 0 Å². The third-order valence-electron chi connectivity index (χ3n) is 5.64. The number of hydrogen-bond acceptors (Lipinski definition) is 3. The number of benzene rings is 3. The Hall–Kier alpha value is -4.21. The van der Waals surface area contributed by atoms with Crippen molar-refractivity contribution in [1.29, 1.82) is 0 Å². The maximum atomic E-state index is 14.2. The number of rotatable bonds is 6. The summed E-state index contributed by atoms with van der Waals surface area (Å²) < 4.78 is 55.3. The smallest absolute Gasteiger partial charge is 0.329 e. The molecule has 3 aromatic carbocycles. The summed E-state index contributed by atoms with van der Waals surface area (Å²) in [6.07, 6.45) is -0.200. The minimum absolute atomic E-state index is 0.0119. The van der Waals surface area contributed by atoms with Gasteiger partial charge in [0.25, 0.3) is 5.56 Å². The van der Waals surface area contributed by atoms with Gasteiger partial charge in [0, 0.05) is 18.1 Å². The van der Waals surface area contributed by atoms with Gasteiger partial charge >= 0.3 is 5.69 Å². The number of nitrogens with zero attached hydrogens (tertiary/aromatic N) is 1. The fourth-order valence-corrected chi connectivity index (χ4v) is 3.87. The number of nitrogens with one attached hydrogen (secondary N) is 2. The van der Waals surface area contributed by atoms with Gasteiger partial charge in [-0.1, -0.05) is 18.2 Å². The van der Waals surface area contributed by atoms with E-state index in [1.54, 1.807) is 0 Å². The predicted molar refractivity (Wildman–Crippen MR) is 121 cm³/mol. The summed E-state index contributed by atoms with van der Waals surface area (Å²) in [7, 11) is 0. The lowest BCUT2D eigenvalue weighted by Gasteiger charge is -2.22. The van der Waals surface area contributed by atoms with Crippen LogP contribution < -0.4 is 16.6 Å². The maximum absolute atomic E-state index is 14.2. The highest BCUT2D eigenvalue weighted by Crippen LogP contribution is 2.20. The maximum Gasteiger partial charge on any atom is 0.329 e.